The van der Waals surface area contributed by atoms with Crippen molar-refractivity contribution in [2.24, 2.45) is 7.05 Å². The molecule has 1 aliphatic rings. The Morgan fingerprint density at radius 2 is 2.21 bits per heavy atom. The molecule has 0 saturated carbocycles. The lowest BCUT2D eigenvalue weighted by molar-refractivity contribution is 0.175. The molecule has 0 fully saturated rings. The summed E-state index contributed by atoms with van der Waals surface area (Å²) in [4.78, 5) is 3.63. The summed E-state index contributed by atoms with van der Waals surface area (Å²) in [6.07, 6.45) is 0.846. The Balaban J connectivity index is 1.79. The lowest BCUT2D eigenvalue weighted by Crippen LogP contribution is -2.12. The summed E-state index contributed by atoms with van der Waals surface area (Å²) in [5.41, 5.74) is 3.47. The summed E-state index contributed by atoms with van der Waals surface area (Å²) in [5.74, 6) is 0.563. The lowest BCUT2D eigenvalue weighted by atomic mass is 10.0. The molecule has 0 bridgehead atoms. The van der Waals surface area contributed by atoms with Crippen LogP contribution in [0.4, 0.5) is 5.69 Å². The molecule has 1 aromatic heterocycles. The average Bonchev–Trinajstić information content (AvgIpc) is 2.96. The van der Waals surface area contributed by atoms with E-state index in [0.717, 1.165) is 18.5 Å². The molecule has 1 aromatic carbocycles. The number of nitrogens with zero attached hydrogens (tertiary/aromatic N) is 5. The fourth-order valence-corrected chi connectivity index (χ4v) is 2.49. The molecule has 1 N–H and O–H groups in total. The third-order valence-corrected chi connectivity index (χ3v) is 3.54. The van der Waals surface area contributed by atoms with Gasteiger partial charge in [-0.25, -0.2) is 0 Å². The standard InChI is InChI=1S/C13H17N5O/c1-17-6-5-9-7-10(3-4-11(9)17)12(19)8-13-14-16-18(2)15-13/h3-4,7,12,19H,5-6,8H2,1-2H3. The topological polar surface area (TPSA) is 67.1 Å². The second kappa shape index (κ2) is 4.62. The molecule has 0 amide bonds. The van der Waals surface area contributed by atoms with Crippen LogP contribution < -0.4 is 4.90 Å². The maximum atomic E-state index is 10.2. The highest BCUT2D eigenvalue weighted by atomic mass is 16.3. The predicted molar refractivity (Wildman–Crippen MR) is 70.9 cm³/mol. The van der Waals surface area contributed by atoms with Gasteiger partial charge in [-0.3, -0.25) is 0 Å². The van der Waals surface area contributed by atoms with E-state index >= 15 is 0 Å². The number of likely N-dealkylation sites (N-methyl/N-ethyl adjacent to an activating group) is 1. The van der Waals surface area contributed by atoms with Gasteiger partial charge in [0.2, 0.25) is 0 Å². The second-order valence-electron chi connectivity index (χ2n) is 4.97. The molecule has 0 radical (unpaired) electrons. The number of aliphatic hydroxyl groups is 1. The van der Waals surface area contributed by atoms with Gasteiger partial charge in [-0.15, -0.1) is 10.2 Å². The van der Waals surface area contributed by atoms with Crippen LogP contribution in [-0.2, 0) is 19.9 Å². The van der Waals surface area contributed by atoms with E-state index < -0.39 is 6.10 Å². The molecule has 0 spiro atoms. The van der Waals surface area contributed by atoms with E-state index in [0.29, 0.717) is 12.2 Å². The molecule has 6 nitrogen and oxygen atoms in total. The smallest absolute Gasteiger partial charge is 0.177 e. The number of fused-ring (bicyclic) bond motifs is 1. The number of rotatable bonds is 3. The van der Waals surface area contributed by atoms with Gasteiger partial charge in [-0.1, -0.05) is 12.1 Å². The zero-order valence-electron chi connectivity index (χ0n) is 11.1. The van der Waals surface area contributed by atoms with Gasteiger partial charge in [0.25, 0.3) is 0 Å². The first kappa shape index (κ1) is 12.1. The van der Waals surface area contributed by atoms with Crippen LogP contribution >= 0.6 is 0 Å². The van der Waals surface area contributed by atoms with E-state index in [1.165, 1.54) is 16.0 Å². The summed E-state index contributed by atoms with van der Waals surface area (Å²) in [6.45, 7) is 1.04. The molecule has 0 saturated heterocycles. The van der Waals surface area contributed by atoms with E-state index in [1.807, 2.05) is 6.07 Å². The van der Waals surface area contributed by atoms with E-state index in [1.54, 1.807) is 7.05 Å². The average molecular weight is 259 g/mol. The van der Waals surface area contributed by atoms with Crippen molar-refractivity contribution in [3.63, 3.8) is 0 Å². The maximum Gasteiger partial charge on any atom is 0.177 e. The van der Waals surface area contributed by atoms with Gasteiger partial charge in [0.05, 0.1) is 13.2 Å². The van der Waals surface area contributed by atoms with Crippen molar-refractivity contribution >= 4 is 5.69 Å². The predicted octanol–water partition coefficient (Wildman–Crippen LogP) is 0.478. The zero-order chi connectivity index (χ0) is 13.4. The minimum Gasteiger partial charge on any atom is -0.388 e. The number of aryl methyl sites for hydroxylation is 1. The van der Waals surface area contributed by atoms with Crippen molar-refractivity contribution in [2.45, 2.75) is 18.9 Å². The van der Waals surface area contributed by atoms with Crippen molar-refractivity contribution < 1.29 is 5.11 Å². The number of benzene rings is 1. The first-order valence-electron chi connectivity index (χ1n) is 6.38. The van der Waals surface area contributed by atoms with Crippen LogP contribution in [0.5, 0.6) is 0 Å². The van der Waals surface area contributed by atoms with Gasteiger partial charge in [0.1, 0.15) is 0 Å². The minimum atomic E-state index is -0.583. The monoisotopic (exact) mass is 259 g/mol. The summed E-state index contributed by atoms with van der Waals surface area (Å²) < 4.78 is 0. The Kier molecular flexibility index (Phi) is 2.94. The highest BCUT2D eigenvalue weighted by Crippen LogP contribution is 2.29. The Bertz CT molecular complexity index is 594. The second-order valence-corrected chi connectivity index (χ2v) is 4.97. The molecule has 1 unspecified atom stereocenters. The van der Waals surface area contributed by atoms with Gasteiger partial charge in [-0.2, -0.15) is 4.80 Å². The number of hydrogen-bond acceptors (Lipinski definition) is 5. The SMILES string of the molecule is CN1CCc2cc(C(O)Cc3nnn(C)n3)ccc21. The van der Waals surface area contributed by atoms with Crippen LogP contribution in [0.25, 0.3) is 0 Å². The highest BCUT2D eigenvalue weighted by molar-refractivity contribution is 5.58. The number of aliphatic hydroxyl groups excluding tert-OH is 1. The molecule has 3 rings (SSSR count). The fourth-order valence-electron chi connectivity index (χ4n) is 2.49. The molecule has 6 heteroatoms. The number of hydrogen-bond donors (Lipinski definition) is 1. The van der Waals surface area contributed by atoms with Gasteiger partial charge in [0, 0.05) is 25.7 Å². The maximum absolute atomic E-state index is 10.2. The van der Waals surface area contributed by atoms with Crippen LogP contribution in [0.1, 0.15) is 23.1 Å². The van der Waals surface area contributed by atoms with Crippen LogP contribution in [0, 0.1) is 0 Å². The number of aromatic nitrogens is 4. The Morgan fingerprint density at radius 1 is 1.37 bits per heavy atom. The van der Waals surface area contributed by atoms with Crippen molar-refractivity contribution in [3.05, 3.63) is 35.2 Å². The third kappa shape index (κ3) is 2.31. The van der Waals surface area contributed by atoms with Gasteiger partial charge in [-0.05, 0) is 28.8 Å². The molecule has 19 heavy (non-hydrogen) atoms. The summed E-state index contributed by atoms with van der Waals surface area (Å²) in [7, 11) is 3.81. The first-order chi connectivity index (χ1) is 9.13. The quantitative estimate of drug-likeness (QED) is 0.868. The summed E-state index contributed by atoms with van der Waals surface area (Å²) in [5, 5.41) is 22.0. The fraction of sp³-hybridized carbons (Fsp3) is 0.462. The van der Waals surface area contributed by atoms with E-state index in [4.69, 9.17) is 0 Å². The minimum absolute atomic E-state index is 0.391. The van der Waals surface area contributed by atoms with Crippen molar-refractivity contribution in [1.82, 2.24) is 20.2 Å². The van der Waals surface area contributed by atoms with E-state index in [2.05, 4.69) is 39.5 Å². The number of anilines is 1. The molecule has 0 aliphatic carbocycles. The number of tetrazole rings is 1. The Morgan fingerprint density at radius 3 is 2.95 bits per heavy atom. The van der Waals surface area contributed by atoms with Crippen molar-refractivity contribution in [1.29, 1.82) is 0 Å². The summed E-state index contributed by atoms with van der Waals surface area (Å²) in [6, 6.07) is 6.13. The summed E-state index contributed by atoms with van der Waals surface area (Å²) >= 11 is 0. The lowest BCUT2D eigenvalue weighted by Gasteiger charge is -2.14. The van der Waals surface area contributed by atoms with E-state index in [9.17, 15) is 5.11 Å². The molecule has 1 aliphatic heterocycles. The Labute approximate surface area is 111 Å². The van der Waals surface area contributed by atoms with E-state index in [-0.39, 0.29) is 0 Å². The molecule has 2 heterocycles. The van der Waals surface area contributed by atoms with Gasteiger partial charge in [0.15, 0.2) is 5.82 Å². The molecule has 100 valence electrons. The van der Waals surface area contributed by atoms with Crippen molar-refractivity contribution in [3.8, 4) is 0 Å². The highest BCUT2D eigenvalue weighted by Gasteiger charge is 2.18. The normalized spacial score (nSPS) is 15.6. The zero-order valence-corrected chi connectivity index (χ0v) is 11.1. The van der Waals surface area contributed by atoms with Crippen molar-refractivity contribution in [2.75, 3.05) is 18.5 Å². The third-order valence-electron chi connectivity index (χ3n) is 3.54. The molecule has 2 aromatic rings. The van der Waals surface area contributed by atoms with Gasteiger partial charge >= 0.3 is 0 Å². The Hall–Kier alpha value is -1.95. The van der Waals surface area contributed by atoms with Crippen LogP contribution in [0.15, 0.2) is 18.2 Å². The molecular formula is C13H17N5O. The van der Waals surface area contributed by atoms with Crippen LogP contribution in [-0.4, -0.2) is 38.9 Å². The molecule has 1 atom stereocenters. The van der Waals surface area contributed by atoms with Gasteiger partial charge < -0.3 is 10.0 Å². The first-order valence-corrected chi connectivity index (χ1v) is 6.38. The molecular weight excluding hydrogens is 242 g/mol. The van der Waals surface area contributed by atoms with Crippen LogP contribution in [0.2, 0.25) is 0 Å². The largest absolute Gasteiger partial charge is 0.388 e. The van der Waals surface area contributed by atoms with Crippen LogP contribution in [0.3, 0.4) is 0 Å².